The lowest BCUT2D eigenvalue weighted by molar-refractivity contribution is -0.766. The van der Waals surface area contributed by atoms with Crippen molar-refractivity contribution >= 4 is 57.9 Å². The summed E-state index contributed by atoms with van der Waals surface area (Å²) in [5.74, 6) is -4.06. The number of fused-ring (bicyclic) bond motifs is 1. The quantitative estimate of drug-likeness (QED) is 0.0845. The molecule has 2 aliphatic rings. The highest BCUT2D eigenvalue weighted by Crippen LogP contribution is 2.40. The van der Waals surface area contributed by atoms with Gasteiger partial charge in [0.05, 0.1) is 12.7 Å². The van der Waals surface area contributed by atoms with E-state index < -0.39 is 46.5 Å². The third-order valence-electron chi connectivity index (χ3n) is 6.28. The standard InChI is InChI=1S/C22H27N9O7S2/c1-22(2,20(36)37)38-27-12(15-26-21(24)40-28-15)16(32)25-13-17(33)31-14(19(34)35)10(9-39-18(13)31)8-30-7-5-11(4-6-23)29(30)3/h5,7,13,18H,4,6,8-9,23H2,1-3H3,(H4-,24,25,26,28,32,34,35,36,37)/p+1/b27-12-/t13-,18-/m1/s1. The Hall–Kier alpha value is -4.03. The number of aliphatic carboxylic acids is 2. The summed E-state index contributed by atoms with van der Waals surface area (Å²) < 4.78 is 7.64. The third kappa shape index (κ3) is 5.50. The Kier molecular flexibility index (Phi) is 8.13. The fourth-order valence-electron chi connectivity index (χ4n) is 4.02. The maximum absolute atomic E-state index is 13.2. The van der Waals surface area contributed by atoms with Crippen molar-refractivity contribution in [1.82, 2.24) is 24.3 Å². The van der Waals surface area contributed by atoms with Gasteiger partial charge >= 0.3 is 11.9 Å². The normalized spacial score (nSPS) is 19.2. The number of amides is 2. The number of hydrogen-bond donors (Lipinski definition) is 5. The number of nitrogens with one attached hydrogen (secondary N) is 1. The Morgan fingerprint density at radius 1 is 1.35 bits per heavy atom. The zero-order valence-corrected chi connectivity index (χ0v) is 23.4. The predicted molar refractivity (Wildman–Crippen MR) is 142 cm³/mol. The Balaban J connectivity index is 1.55. The average Bonchev–Trinajstić information content (AvgIpc) is 3.47. The molecule has 7 N–H and O–H groups in total. The topological polar surface area (TPSA) is 232 Å². The van der Waals surface area contributed by atoms with Crippen LogP contribution in [-0.2, 0) is 44.0 Å². The van der Waals surface area contributed by atoms with Crippen LogP contribution in [0.3, 0.4) is 0 Å². The highest BCUT2D eigenvalue weighted by molar-refractivity contribution is 8.00. The van der Waals surface area contributed by atoms with Crippen molar-refractivity contribution in [3.63, 3.8) is 0 Å². The van der Waals surface area contributed by atoms with Crippen LogP contribution in [-0.4, -0.2) is 87.9 Å². The van der Waals surface area contributed by atoms with Crippen molar-refractivity contribution in [1.29, 1.82) is 0 Å². The largest absolute Gasteiger partial charge is 0.478 e. The minimum atomic E-state index is -1.78. The van der Waals surface area contributed by atoms with E-state index in [1.54, 1.807) is 0 Å². The molecule has 2 amide bonds. The molecule has 0 aliphatic carbocycles. The van der Waals surface area contributed by atoms with E-state index in [9.17, 15) is 29.4 Å². The Morgan fingerprint density at radius 2 is 2.08 bits per heavy atom. The van der Waals surface area contributed by atoms with E-state index in [0.29, 0.717) is 24.3 Å². The molecule has 1 fully saturated rings. The van der Waals surface area contributed by atoms with Crippen LogP contribution in [0.25, 0.3) is 0 Å². The van der Waals surface area contributed by atoms with Gasteiger partial charge in [-0.3, -0.25) is 14.5 Å². The number of anilines is 1. The molecule has 0 spiro atoms. The lowest BCUT2D eigenvalue weighted by Crippen LogP contribution is -2.71. The molecule has 40 heavy (non-hydrogen) atoms. The summed E-state index contributed by atoms with van der Waals surface area (Å²) in [6.45, 7) is 3.17. The van der Waals surface area contributed by atoms with E-state index in [4.69, 9.17) is 16.3 Å². The molecule has 0 unspecified atom stereocenters. The first-order valence-corrected chi connectivity index (χ1v) is 13.7. The minimum Gasteiger partial charge on any atom is -0.478 e. The lowest BCUT2D eigenvalue weighted by Gasteiger charge is -2.49. The van der Waals surface area contributed by atoms with Gasteiger partial charge in [-0.2, -0.15) is 14.0 Å². The summed E-state index contributed by atoms with van der Waals surface area (Å²) >= 11 is 2.08. The highest BCUT2D eigenvalue weighted by atomic mass is 32.2. The molecule has 0 saturated carbocycles. The van der Waals surface area contributed by atoms with E-state index in [-0.39, 0.29) is 23.2 Å². The van der Waals surface area contributed by atoms with Crippen molar-refractivity contribution in [2.45, 2.75) is 43.8 Å². The van der Waals surface area contributed by atoms with Crippen LogP contribution in [0, 0.1) is 0 Å². The zero-order chi connectivity index (χ0) is 29.4. The van der Waals surface area contributed by atoms with Gasteiger partial charge in [-0.15, -0.1) is 16.4 Å². The van der Waals surface area contributed by atoms with E-state index in [2.05, 4.69) is 19.8 Å². The van der Waals surface area contributed by atoms with Gasteiger partial charge in [0.15, 0.2) is 17.9 Å². The summed E-state index contributed by atoms with van der Waals surface area (Å²) in [4.78, 5) is 60.1. The second kappa shape index (κ2) is 11.2. The molecule has 214 valence electrons. The van der Waals surface area contributed by atoms with E-state index in [1.165, 1.54) is 25.6 Å². The molecule has 2 atom stereocenters. The van der Waals surface area contributed by atoms with Crippen molar-refractivity contribution in [3.8, 4) is 0 Å². The summed E-state index contributed by atoms with van der Waals surface area (Å²) in [7, 11) is 1.84. The van der Waals surface area contributed by atoms with Crippen LogP contribution in [0.4, 0.5) is 5.13 Å². The van der Waals surface area contributed by atoms with Crippen molar-refractivity contribution in [3.05, 3.63) is 35.1 Å². The van der Waals surface area contributed by atoms with Gasteiger partial charge < -0.3 is 31.8 Å². The number of nitrogen functional groups attached to an aromatic ring is 1. The number of oxime groups is 1. The molecule has 16 nitrogen and oxygen atoms in total. The molecule has 1 saturated heterocycles. The highest BCUT2D eigenvalue weighted by Gasteiger charge is 2.55. The molecule has 2 aliphatic heterocycles. The summed E-state index contributed by atoms with van der Waals surface area (Å²) in [5, 5.41) is 24.8. The predicted octanol–water partition coefficient (Wildman–Crippen LogP) is -1.73. The second-order valence-corrected chi connectivity index (χ2v) is 11.3. The SMILES string of the molecule is Cn1c(CCN)cc[n+]1CC1=C(C(=O)O)N2C(=O)[C@@H](NC(=O)/C(=N\OC(C)(C)C(=O)O)c3nsc(N)n3)[C@H]2SC1. The van der Waals surface area contributed by atoms with E-state index in [0.717, 1.165) is 22.1 Å². The van der Waals surface area contributed by atoms with Crippen molar-refractivity contribution < 1.29 is 38.9 Å². The first-order valence-electron chi connectivity index (χ1n) is 11.9. The minimum absolute atomic E-state index is 0.0248. The lowest BCUT2D eigenvalue weighted by atomic mass is 10.0. The van der Waals surface area contributed by atoms with Gasteiger partial charge in [0.2, 0.25) is 17.1 Å². The summed E-state index contributed by atoms with van der Waals surface area (Å²) in [5.41, 5.74) is 10.4. The maximum Gasteiger partial charge on any atom is 0.352 e. The van der Waals surface area contributed by atoms with Crippen LogP contribution in [0.15, 0.2) is 28.7 Å². The number of nitrogens with two attached hydrogens (primary N) is 2. The number of β-lactam (4-membered cyclic amide) rings is 1. The number of hydrogen-bond acceptors (Lipinski definition) is 12. The number of carbonyl (C=O) groups excluding carboxylic acids is 2. The van der Waals surface area contributed by atoms with Crippen LogP contribution in [0.5, 0.6) is 0 Å². The molecular formula is C22H28N9O7S2+. The van der Waals surface area contributed by atoms with Gasteiger partial charge in [-0.1, -0.05) is 5.16 Å². The molecule has 0 aromatic carbocycles. The average molecular weight is 595 g/mol. The van der Waals surface area contributed by atoms with Gasteiger partial charge in [0, 0.05) is 35.3 Å². The Labute approximate surface area is 235 Å². The molecule has 18 heteroatoms. The first kappa shape index (κ1) is 29.0. The Bertz CT molecular complexity index is 1430. The smallest absolute Gasteiger partial charge is 0.352 e. The fourth-order valence-corrected chi connectivity index (χ4v) is 5.79. The summed E-state index contributed by atoms with van der Waals surface area (Å²) in [6.07, 6.45) is 2.48. The van der Waals surface area contributed by atoms with Crippen molar-refractivity contribution in [2.24, 2.45) is 17.9 Å². The van der Waals surface area contributed by atoms with E-state index in [1.807, 2.05) is 28.7 Å². The van der Waals surface area contributed by atoms with Crippen LogP contribution in [0.2, 0.25) is 0 Å². The molecule has 4 rings (SSSR count). The number of nitrogens with zero attached hydrogens (tertiary/aromatic N) is 6. The molecule has 2 aromatic rings. The van der Waals surface area contributed by atoms with Crippen LogP contribution < -0.4 is 21.5 Å². The number of aromatic nitrogens is 4. The second-order valence-electron chi connectivity index (χ2n) is 9.39. The fraction of sp³-hybridized carbons (Fsp3) is 0.455. The first-order chi connectivity index (χ1) is 18.9. The third-order valence-corrected chi connectivity index (χ3v) is 8.16. The number of rotatable bonds is 11. The van der Waals surface area contributed by atoms with Gasteiger partial charge in [0.25, 0.3) is 11.8 Å². The van der Waals surface area contributed by atoms with Gasteiger partial charge in [-0.25, -0.2) is 9.59 Å². The Morgan fingerprint density at radius 3 is 2.67 bits per heavy atom. The van der Waals surface area contributed by atoms with Gasteiger partial charge in [-0.05, 0) is 20.4 Å². The van der Waals surface area contributed by atoms with Crippen molar-refractivity contribution in [2.75, 3.05) is 18.0 Å². The number of carboxylic acid groups (broad SMARTS) is 2. The van der Waals surface area contributed by atoms with Crippen LogP contribution >= 0.6 is 23.3 Å². The van der Waals surface area contributed by atoms with Crippen LogP contribution in [0.1, 0.15) is 25.4 Å². The molecule has 0 radical (unpaired) electrons. The monoisotopic (exact) mass is 594 g/mol. The molecular weight excluding hydrogens is 566 g/mol. The summed E-state index contributed by atoms with van der Waals surface area (Å²) in [6, 6.07) is 0.819. The molecule has 2 aromatic heterocycles. The maximum atomic E-state index is 13.2. The number of carbonyl (C=O) groups is 4. The molecule has 4 heterocycles. The zero-order valence-electron chi connectivity index (χ0n) is 21.7. The molecule has 0 bridgehead atoms. The van der Waals surface area contributed by atoms with Gasteiger partial charge in [0.1, 0.15) is 17.1 Å². The number of thioether (sulfide) groups is 1. The van der Waals surface area contributed by atoms with E-state index >= 15 is 0 Å². The number of carboxylic acids is 2.